The molecule has 70 valence electrons. The number of fused-ring (bicyclic) bond motifs is 1. The van der Waals surface area contributed by atoms with Crippen LogP contribution in [0.3, 0.4) is 0 Å². The van der Waals surface area contributed by atoms with Crippen LogP contribution < -0.4 is 15.2 Å². The van der Waals surface area contributed by atoms with E-state index >= 15 is 0 Å². The Balaban J connectivity index is 2.46. The van der Waals surface area contributed by atoms with Crippen LogP contribution in [0.4, 0.5) is 5.69 Å². The summed E-state index contributed by atoms with van der Waals surface area (Å²) in [6.45, 7) is 2.03. The predicted molar refractivity (Wildman–Crippen MR) is 51.2 cm³/mol. The molecule has 3 heteroatoms. The van der Waals surface area contributed by atoms with E-state index in [0.717, 1.165) is 23.5 Å². The molecule has 0 bridgehead atoms. The third-order valence-electron chi connectivity index (χ3n) is 2.23. The van der Waals surface area contributed by atoms with Crippen molar-refractivity contribution in [3.05, 3.63) is 17.7 Å². The zero-order valence-corrected chi connectivity index (χ0v) is 7.83. The molecule has 1 atom stereocenters. The van der Waals surface area contributed by atoms with Gasteiger partial charge in [0.2, 0.25) is 0 Å². The van der Waals surface area contributed by atoms with E-state index in [0.29, 0.717) is 5.69 Å². The van der Waals surface area contributed by atoms with E-state index in [1.54, 1.807) is 13.2 Å². The highest BCUT2D eigenvalue weighted by atomic mass is 16.5. The molecule has 0 spiro atoms. The van der Waals surface area contributed by atoms with Crippen LogP contribution in [-0.2, 0) is 6.42 Å². The second-order valence-corrected chi connectivity index (χ2v) is 3.34. The van der Waals surface area contributed by atoms with Gasteiger partial charge in [-0.2, -0.15) is 0 Å². The summed E-state index contributed by atoms with van der Waals surface area (Å²) in [5.41, 5.74) is 7.61. The van der Waals surface area contributed by atoms with Gasteiger partial charge in [-0.1, -0.05) is 0 Å². The quantitative estimate of drug-likeness (QED) is 0.666. The van der Waals surface area contributed by atoms with E-state index in [-0.39, 0.29) is 6.10 Å². The van der Waals surface area contributed by atoms with Crippen LogP contribution in [0.1, 0.15) is 12.5 Å². The Labute approximate surface area is 77.5 Å². The highest BCUT2D eigenvalue weighted by Crippen LogP contribution is 2.37. The number of rotatable bonds is 1. The van der Waals surface area contributed by atoms with Crippen LogP contribution in [0, 0.1) is 0 Å². The lowest BCUT2D eigenvalue weighted by Gasteiger charge is -2.07. The average molecular weight is 179 g/mol. The molecule has 0 radical (unpaired) electrons. The van der Waals surface area contributed by atoms with Crippen molar-refractivity contribution < 1.29 is 9.47 Å². The van der Waals surface area contributed by atoms with Crippen LogP contribution in [0.5, 0.6) is 11.5 Å². The molecule has 0 aliphatic carbocycles. The first-order valence-corrected chi connectivity index (χ1v) is 4.33. The summed E-state index contributed by atoms with van der Waals surface area (Å²) in [5, 5.41) is 0. The van der Waals surface area contributed by atoms with E-state index in [1.165, 1.54) is 0 Å². The third kappa shape index (κ3) is 1.30. The van der Waals surface area contributed by atoms with Gasteiger partial charge in [-0.3, -0.25) is 0 Å². The minimum Gasteiger partial charge on any atom is -0.497 e. The topological polar surface area (TPSA) is 44.5 Å². The third-order valence-corrected chi connectivity index (χ3v) is 2.23. The minimum atomic E-state index is 0.226. The zero-order valence-electron chi connectivity index (χ0n) is 7.83. The van der Waals surface area contributed by atoms with Crippen LogP contribution in [0.15, 0.2) is 12.1 Å². The number of methoxy groups -OCH3 is 1. The van der Waals surface area contributed by atoms with Gasteiger partial charge in [0.1, 0.15) is 17.6 Å². The second kappa shape index (κ2) is 2.83. The number of hydrogen-bond acceptors (Lipinski definition) is 3. The van der Waals surface area contributed by atoms with Crippen molar-refractivity contribution >= 4 is 5.69 Å². The Morgan fingerprint density at radius 1 is 1.54 bits per heavy atom. The number of anilines is 1. The van der Waals surface area contributed by atoms with E-state index in [1.807, 2.05) is 13.0 Å². The van der Waals surface area contributed by atoms with E-state index in [4.69, 9.17) is 15.2 Å². The van der Waals surface area contributed by atoms with Gasteiger partial charge in [-0.25, -0.2) is 0 Å². The van der Waals surface area contributed by atoms with Crippen molar-refractivity contribution in [3.63, 3.8) is 0 Å². The minimum absolute atomic E-state index is 0.226. The Morgan fingerprint density at radius 2 is 2.31 bits per heavy atom. The standard InChI is InChI=1S/C10H13NO2/c1-6-3-7-4-8(12-2)5-9(11)10(7)13-6/h4-6H,3,11H2,1-2H3. The van der Waals surface area contributed by atoms with Crippen molar-refractivity contribution in [2.75, 3.05) is 12.8 Å². The molecule has 3 nitrogen and oxygen atoms in total. The van der Waals surface area contributed by atoms with Crippen LogP contribution >= 0.6 is 0 Å². The molecule has 1 unspecified atom stereocenters. The van der Waals surface area contributed by atoms with Gasteiger partial charge in [0.15, 0.2) is 0 Å². The molecule has 0 aromatic heterocycles. The fourth-order valence-corrected chi connectivity index (χ4v) is 1.65. The Kier molecular flexibility index (Phi) is 1.79. The predicted octanol–water partition coefficient (Wildman–Crippen LogP) is 1.60. The maximum Gasteiger partial charge on any atom is 0.146 e. The smallest absolute Gasteiger partial charge is 0.146 e. The zero-order chi connectivity index (χ0) is 9.42. The van der Waals surface area contributed by atoms with Crippen LogP contribution in [-0.4, -0.2) is 13.2 Å². The molecule has 1 aliphatic rings. The van der Waals surface area contributed by atoms with Gasteiger partial charge in [0.25, 0.3) is 0 Å². The van der Waals surface area contributed by atoms with E-state index in [2.05, 4.69) is 0 Å². The Morgan fingerprint density at radius 3 is 3.00 bits per heavy atom. The number of ether oxygens (including phenoxy) is 2. The number of benzene rings is 1. The normalized spacial score (nSPS) is 19.4. The van der Waals surface area contributed by atoms with Crippen molar-refractivity contribution in [1.29, 1.82) is 0 Å². The lowest BCUT2D eigenvalue weighted by molar-refractivity contribution is 0.256. The van der Waals surface area contributed by atoms with Crippen LogP contribution in [0.25, 0.3) is 0 Å². The lowest BCUT2D eigenvalue weighted by Crippen LogP contribution is -2.05. The molecule has 2 N–H and O–H groups in total. The SMILES string of the molecule is COc1cc(N)c2c(c1)CC(C)O2. The summed E-state index contributed by atoms with van der Waals surface area (Å²) in [7, 11) is 1.64. The summed E-state index contributed by atoms with van der Waals surface area (Å²) in [6.07, 6.45) is 1.14. The van der Waals surface area contributed by atoms with Crippen molar-refractivity contribution in [1.82, 2.24) is 0 Å². The average Bonchev–Trinajstić information content (AvgIpc) is 2.46. The molecule has 1 aromatic rings. The fraction of sp³-hybridized carbons (Fsp3) is 0.400. The van der Waals surface area contributed by atoms with Crippen molar-refractivity contribution in [3.8, 4) is 11.5 Å². The summed E-state index contributed by atoms with van der Waals surface area (Å²) in [6, 6.07) is 3.77. The molecule has 1 aliphatic heterocycles. The van der Waals surface area contributed by atoms with Gasteiger partial charge < -0.3 is 15.2 Å². The first kappa shape index (κ1) is 8.23. The van der Waals surface area contributed by atoms with Gasteiger partial charge >= 0.3 is 0 Å². The lowest BCUT2D eigenvalue weighted by atomic mass is 10.1. The molecular weight excluding hydrogens is 166 g/mol. The number of nitrogen functional groups attached to an aromatic ring is 1. The first-order chi connectivity index (χ1) is 6.20. The maximum absolute atomic E-state index is 5.81. The summed E-state index contributed by atoms with van der Waals surface area (Å²) in [4.78, 5) is 0. The molecule has 1 aromatic carbocycles. The number of nitrogens with two attached hydrogens (primary N) is 1. The van der Waals surface area contributed by atoms with Crippen LogP contribution in [0.2, 0.25) is 0 Å². The van der Waals surface area contributed by atoms with Gasteiger partial charge in [-0.15, -0.1) is 0 Å². The van der Waals surface area contributed by atoms with Gasteiger partial charge in [0.05, 0.1) is 12.8 Å². The molecule has 0 fully saturated rings. The fourth-order valence-electron chi connectivity index (χ4n) is 1.65. The van der Waals surface area contributed by atoms with E-state index in [9.17, 15) is 0 Å². The Bertz CT molecular complexity index is 336. The molecule has 0 amide bonds. The molecule has 0 saturated carbocycles. The molecule has 1 heterocycles. The monoisotopic (exact) mass is 179 g/mol. The molecule has 0 saturated heterocycles. The van der Waals surface area contributed by atoms with Crippen molar-refractivity contribution in [2.24, 2.45) is 0 Å². The largest absolute Gasteiger partial charge is 0.497 e. The highest BCUT2D eigenvalue weighted by molar-refractivity contribution is 5.62. The molecule has 13 heavy (non-hydrogen) atoms. The highest BCUT2D eigenvalue weighted by Gasteiger charge is 2.22. The summed E-state index contributed by atoms with van der Waals surface area (Å²) >= 11 is 0. The maximum atomic E-state index is 5.81. The van der Waals surface area contributed by atoms with E-state index < -0.39 is 0 Å². The summed E-state index contributed by atoms with van der Waals surface area (Å²) < 4.78 is 10.7. The number of hydrogen-bond donors (Lipinski definition) is 1. The second-order valence-electron chi connectivity index (χ2n) is 3.34. The summed E-state index contributed by atoms with van der Waals surface area (Å²) in [5.74, 6) is 1.63. The van der Waals surface area contributed by atoms with Gasteiger partial charge in [0, 0.05) is 18.1 Å². The Hall–Kier alpha value is -1.38. The molecular formula is C10H13NO2. The molecule has 2 rings (SSSR count). The van der Waals surface area contributed by atoms with Crippen molar-refractivity contribution in [2.45, 2.75) is 19.4 Å². The first-order valence-electron chi connectivity index (χ1n) is 4.33. The van der Waals surface area contributed by atoms with Gasteiger partial charge in [-0.05, 0) is 13.0 Å².